The lowest BCUT2D eigenvalue weighted by Crippen LogP contribution is -2.48. The molecule has 2 heterocycles. The number of rotatable bonds is 12. The summed E-state index contributed by atoms with van der Waals surface area (Å²) < 4.78 is 29.1. The summed E-state index contributed by atoms with van der Waals surface area (Å²) in [4.78, 5) is 40.3. The molecule has 208 valence electrons. The molecule has 1 saturated carbocycles. The molecule has 0 saturated heterocycles. The van der Waals surface area contributed by atoms with Crippen molar-refractivity contribution in [3.63, 3.8) is 0 Å². The van der Waals surface area contributed by atoms with Gasteiger partial charge in [-0.1, -0.05) is 25.8 Å². The standard InChI is InChI=1S/C20H32ClN5O9P2/c1-3-6-12(9-35-37(33,34)11-36(30,31)32)15(27)20(2,29)18(28)26-10-22-14-16(23-13-7-4-5-8-13)24-19(21)25-17(14)26/h6,10,13,15,18,27-29H,3-5,7-9,11H2,1-2H3,(H,33,34)(H,23,24,25)(H2,30,31,32)/b12-6-/t15-,18-,20?/m1/s1. The van der Waals surface area contributed by atoms with Crippen LogP contribution in [0.15, 0.2) is 18.0 Å². The van der Waals surface area contributed by atoms with Crippen LogP contribution in [0.2, 0.25) is 5.28 Å². The van der Waals surface area contributed by atoms with Gasteiger partial charge in [0.05, 0.1) is 12.9 Å². The molecule has 0 aromatic carbocycles. The van der Waals surface area contributed by atoms with Gasteiger partial charge in [-0.15, -0.1) is 0 Å². The number of nitrogens with one attached hydrogen (secondary N) is 1. The molecule has 2 aromatic rings. The Morgan fingerprint density at radius 3 is 2.54 bits per heavy atom. The SMILES string of the molecule is CC/C=C(/COP(=O)(O)CP(=O)(O)O)[C@@H](O)C(C)(O)[C@@H](O)n1cnc2c(NC3CCCC3)nc(Cl)nc21. The molecule has 14 nitrogen and oxygen atoms in total. The van der Waals surface area contributed by atoms with E-state index < -0.39 is 45.6 Å². The van der Waals surface area contributed by atoms with Gasteiger partial charge in [-0.05, 0) is 43.4 Å². The number of nitrogens with zero attached hydrogens (tertiary/aromatic N) is 4. The molecule has 0 radical (unpaired) electrons. The molecule has 0 amide bonds. The highest BCUT2D eigenvalue weighted by Gasteiger charge is 2.43. The molecule has 17 heteroatoms. The van der Waals surface area contributed by atoms with Crippen molar-refractivity contribution in [2.24, 2.45) is 0 Å². The van der Waals surface area contributed by atoms with Gasteiger partial charge in [0.15, 0.2) is 29.1 Å². The van der Waals surface area contributed by atoms with Gasteiger partial charge in [0, 0.05) is 6.04 Å². The van der Waals surface area contributed by atoms with Crippen molar-refractivity contribution in [3.05, 3.63) is 23.3 Å². The fourth-order valence-corrected chi connectivity index (χ4v) is 6.90. The third-order valence-corrected chi connectivity index (χ3v) is 9.65. The summed E-state index contributed by atoms with van der Waals surface area (Å²) in [6.07, 6.45) is 3.33. The van der Waals surface area contributed by atoms with Crippen molar-refractivity contribution < 1.29 is 43.7 Å². The highest BCUT2D eigenvalue weighted by molar-refractivity contribution is 7.70. The van der Waals surface area contributed by atoms with Crippen molar-refractivity contribution >= 4 is 43.8 Å². The van der Waals surface area contributed by atoms with Gasteiger partial charge in [-0.3, -0.25) is 13.7 Å². The molecule has 7 N–H and O–H groups in total. The van der Waals surface area contributed by atoms with E-state index in [1.807, 2.05) is 0 Å². The van der Waals surface area contributed by atoms with Gasteiger partial charge < -0.3 is 39.8 Å². The second kappa shape index (κ2) is 11.7. The molecule has 4 atom stereocenters. The molecule has 0 bridgehead atoms. The smallest absolute Gasteiger partial charge is 0.340 e. The third-order valence-electron chi connectivity index (χ3n) is 6.04. The van der Waals surface area contributed by atoms with Crippen LogP contribution < -0.4 is 5.32 Å². The minimum absolute atomic E-state index is 0.0906. The molecule has 2 unspecified atom stereocenters. The first kappa shape index (κ1) is 30.1. The molecule has 2 aromatic heterocycles. The lowest BCUT2D eigenvalue weighted by Gasteiger charge is -2.35. The maximum absolute atomic E-state index is 12.0. The van der Waals surface area contributed by atoms with Gasteiger partial charge in [0.25, 0.3) is 0 Å². The van der Waals surface area contributed by atoms with E-state index in [1.54, 1.807) is 6.92 Å². The van der Waals surface area contributed by atoms with Crippen molar-refractivity contribution in [1.29, 1.82) is 0 Å². The maximum Gasteiger partial charge on any atom is 0.340 e. The van der Waals surface area contributed by atoms with Crippen molar-refractivity contribution in [3.8, 4) is 0 Å². The minimum atomic E-state index is -4.86. The number of hydrogen-bond acceptors (Lipinski definition) is 10. The summed E-state index contributed by atoms with van der Waals surface area (Å²) in [7, 11) is -9.58. The number of hydrogen-bond donors (Lipinski definition) is 7. The summed E-state index contributed by atoms with van der Waals surface area (Å²) in [5, 5.41) is 36.4. The van der Waals surface area contributed by atoms with E-state index in [-0.39, 0.29) is 22.5 Å². The first-order valence-electron chi connectivity index (χ1n) is 11.6. The maximum atomic E-state index is 12.0. The second-order valence-corrected chi connectivity index (χ2v) is 13.5. The molecule has 0 spiro atoms. The Labute approximate surface area is 218 Å². The number of allylic oxidation sites excluding steroid dienone is 1. The van der Waals surface area contributed by atoms with Crippen LogP contribution in [0.3, 0.4) is 0 Å². The lowest BCUT2D eigenvalue weighted by atomic mass is 9.90. The molecule has 37 heavy (non-hydrogen) atoms. The highest BCUT2D eigenvalue weighted by atomic mass is 35.5. The molecule has 1 aliphatic carbocycles. The topological polar surface area (TPSA) is 220 Å². The number of fused-ring (bicyclic) bond motifs is 1. The molecule has 1 fully saturated rings. The first-order chi connectivity index (χ1) is 17.1. The number of halogens is 1. The van der Waals surface area contributed by atoms with E-state index in [0.29, 0.717) is 17.8 Å². The van der Waals surface area contributed by atoms with E-state index in [9.17, 15) is 29.3 Å². The predicted molar refractivity (Wildman–Crippen MR) is 135 cm³/mol. The van der Waals surface area contributed by atoms with Crippen LogP contribution in [0.25, 0.3) is 11.2 Å². The first-order valence-corrected chi connectivity index (χ1v) is 15.5. The van der Waals surface area contributed by atoms with Crippen molar-refractivity contribution in [2.75, 3.05) is 17.8 Å². The van der Waals surface area contributed by atoms with Crippen LogP contribution in [0.4, 0.5) is 5.82 Å². The number of aromatic nitrogens is 4. The summed E-state index contributed by atoms with van der Waals surface area (Å²) >= 11 is 6.11. The average Bonchev–Trinajstić information content (AvgIpc) is 3.43. The normalized spacial score (nSPS) is 20.5. The average molecular weight is 584 g/mol. The molecule has 0 aliphatic heterocycles. The van der Waals surface area contributed by atoms with Gasteiger partial charge >= 0.3 is 15.2 Å². The molecule has 3 rings (SSSR count). The summed E-state index contributed by atoms with van der Waals surface area (Å²) in [6, 6.07) is 0.184. The highest BCUT2D eigenvalue weighted by Crippen LogP contribution is 2.55. The van der Waals surface area contributed by atoms with Crippen molar-refractivity contribution in [1.82, 2.24) is 19.5 Å². The fourth-order valence-electron chi connectivity index (χ4n) is 4.19. The van der Waals surface area contributed by atoms with Crippen LogP contribution >= 0.6 is 26.8 Å². The monoisotopic (exact) mass is 583 g/mol. The number of imidazole rings is 1. The van der Waals surface area contributed by atoms with Crippen LogP contribution in [-0.2, 0) is 13.7 Å². The Morgan fingerprint density at radius 1 is 1.30 bits per heavy atom. The van der Waals surface area contributed by atoms with Crippen LogP contribution in [0.5, 0.6) is 0 Å². The largest absolute Gasteiger partial charge is 0.385 e. The zero-order valence-corrected chi connectivity index (χ0v) is 22.9. The van der Waals surface area contributed by atoms with E-state index in [4.69, 9.17) is 25.9 Å². The van der Waals surface area contributed by atoms with Crippen LogP contribution in [0.1, 0.15) is 52.2 Å². The Balaban J connectivity index is 1.86. The summed E-state index contributed by atoms with van der Waals surface area (Å²) in [5.41, 5.74) is -2.00. The van der Waals surface area contributed by atoms with Crippen molar-refractivity contribution in [2.45, 2.75) is 69.9 Å². The van der Waals surface area contributed by atoms with Gasteiger partial charge in [0.2, 0.25) is 5.28 Å². The van der Waals surface area contributed by atoms with Crippen LogP contribution in [-0.4, -0.2) is 79.8 Å². The quantitative estimate of drug-likeness (QED) is 0.108. The third kappa shape index (κ3) is 7.57. The minimum Gasteiger partial charge on any atom is -0.385 e. The Morgan fingerprint density at radius 2 is 1.95 bits per heavy atom. The summed E-state index contributed by atoms with van der Waals surface area (Å²) in [5.74, 6) is -1.04. The predicted octanol–water partition coefficient (Wildman–Crippen LogP) is 2.11. The zero-order valence-electron chi connectivity index (χ0n) is 20.3. The van der Waals surface area contributed by atoms with Crippen LogP contribution in [0, 0.1) is 0 Å². The van der Waals surface area contributed by atoms with Gasteiger partial charge in [-0.2, -0.15) is 9.97 Å². The molecule has 1 aliphatic rings. The zero-order chi connectivity index (χ0) is 27.6. The second-order valence-electron chi connectivity index (χ2n) is 9.20. The fraction of sp³-hybridized carbons (Fsp3) is 0.650. The van der Waals surface area contributed by atoms with Gasteiger partial charge in [0.1, 0.15) is 11.7 Å². The van der Waals surface area contributed by atoms with E-state index in [1.165, 1.54) is 12.4 Å². The number of aliphatic hydroxyl groups excluding tert-OH is 2. The Bertz CT molecular complexity index is 1230. The van der Waals surface area contributed by atoms with E-state index >= 15 is 0 Å². The lowest BCUT2D eigenvalue weighted by molar-refractivity contribution is -0.152. The Kier molecular flexibility index (Phi) is 9.56. The summed E-state index contributed by atoms with van der Waals surface area (Å²) in [6.45, 7) is 2.08. The van der Waals surface area contributed by atoms with Gasteiger partial charge in [-0.25, -0.2) is 4.98 Å². The Hall–Kier alpha value is -1.44. The molecular weight excluding hydrogens is 552 g/mol. The van der Waals surface area contributed by atoms with E-state index in [2.05, 4.69) is 20.3 Å². The molecular formula is C20H32ClN5O9P2. The van der Waals surface area contributed by atoms with E-state index in [0.717, 1.165) is 37.2 Å². The number of anilines is 1. The number of aliphatic hydroxyl groups is 3.